The van der Waals surface area contributed by atoms with Crippen LogP contribution in [0.25, 0.3) is 0 Å². The Labute approximate surface area is 135 Å². The van der Waals surface area contributed by atoms with Gasteiger partial charge in [-0.15, -0.1) is 0 Å². The number of aliphatic carboxylic acids is 1. The number of aliphatic hydroxyl groups excluding tert-OH is 1. The highest BCUT2D eigenvalue weighted by molar-refractivity contribution is 5.86. The second-order valence-corrected chi connectivity index (χ2v) is 5.59. The number of rotatable bonds is 11. The Balaban J connectivity index is 2.27. The summed E-state index contributed by atoms with van der Waals surface area (Å²) in [7, 11) is 0. The van der Waals surface area contributed by atoms with Gasteiger partial charge in [-0.25, -0.2) is 4.79 Å². The fourth-order valence-electron chi connectivity index (χ4n) is 2.48. The Morgan fingerprint density at radius 1 is 1.22 bits per heavy atom. The first-order valence-corrected chi connectivity index (χ1v) is 7.89. The minimum atomic E-state index is -1.34. The molecule has 1 heterocycles. The van der Waals surface area contributed by atoms with Crippen molar-refractivity contribution < 1.29 is 34.1 Å². The molecule has 0 bridgehead atoms. The lowest BCUT2D eigenvalue weighted by atomic mass is 10.0. The molecule has 7 nitrogen and oxygen atoms in total. The van der Waals surface area contributed by atoms with Gasteiger partial charge < -0.3 is 19.7 Å². The number of cyclic esters (lactones) is 1. The van der Waals surface area contributed by atoms with Crippen molar-refractivity contribution in [1.29, 1.82) is 0 Å². The fraction of sp³-hybridized carbons (Fsp3) is 0.688. The van der Waals surface area contributed by atoms with E-state index in [1.54, 1.807) is 0 Å². The van der Waals surface area contributed by atoms with Crippen molar-refractivity contribution >= 4 is 17.9 Å². The number of carboxylic acids is 1. The third-order valence-corrected chi connectivity index (χ3v) is 3.58. The van der Waals surface area contributed by atoms with E-state index in [-0.39, 0.29) is 12.0 Å². The van der Waals surface area contributed by atoms with E-state index in [4.69, 9.17) is 9.84 Å². The van der Waals surface area contributed by atoms with Gasteiger partial charge in [-0.3, -0.25) is 9.59 Å². The third kappa shape index (κ3) is 7.78. The normalized spacial score (nSPS) is 18.3. The number of hydrogen-bond donors (Lipinski definition) is 2. The number of carbonyl (C=O) groups excluding carboxylic acids is 2. The lowest BCUT2D eigenvalue weighted by Gasteiger charge is -2.19. The van der Waals surface area contributed by atoms with Gasteiger partial charge in [0, 0.05) is 25.0 Å². The van der Waals surface area contributed by atoms with Crippen LogP contribution < -0.4 is 0 Å². The van der Waals surface area contributed by atoms with Crippen molar-refractivity contribution in [2.24, 2.45) is 0 Å². The molecule has 0 amide bonds. The summed E-state index contributed by atoms with van der Waals surface area (Å²) in [6, 6.07) is 0. The fourth-order valence-corrected chi connectivity index (χ4v) is 2.48. The van der Waals surface area contributed by atoms with Crippen molar-refractivity contribution in [2.45, 2.75) is 70.7 Å². The largest absolute Gasteiger partial charge is 0.481 e. The number of aliphatic hydroxyl groups is 1. The maximum atomic E-state index is 11.2. The van der Waals surface area contributed by atoms with Crippen LogP contribution in [0, 0.1) is 0 Å². The molecule has 0 saturated carbocycles. The van der Waals surface area contributed by atoms with E-state index in [9.17, 15) is 19.5 Å². The zero-order valence-corrected chi connectivity index (χ0v) is 13.3. The SMILES string of the molecule is CC(=O)OC(CCCCCCCCC(=O)O)C1=CC(=O)OC1O. The molecule has 0 fully saturated rings. The predicted molar refractivity (Wildman–Crippen MR) is 80.3 cm³/mol. The smallest absolute Gasteiger partial charge is 0.333 e. The molecular weight excluding hydrogens is 304 g/mol. The van der Waals surface area contributed by atoms with Gasteiger partial charge in [0.1, 0.15) is 6.10 Å². The van der Waals surface area contributed by atoms with Crippen LogP contribution in [0.5, 0.6) is 0 Å². The minimum absolute atomic E-state index is 0.203. The van der Waals surface area contributed by atoms with Crippen LogP contribution in [0.15, 0.2) is 11.6 Å². The summed E-state index contributed by atoms with van der Waals surface area (Å²) >= 11 is 0. The van der Waals surface area contributed by atoms with Gasteiger partial charge in [0.2, 0.25) is 6.29 Å². The minimum Gasteiger partial charge on any atom is -0.481 e. The van der Waals surface area contributed by atoms with Crippen molar-refractivity contribution in [3.05, 3.63) is 11.6 Å². The number of carboxylic acid groups (broad SMARTS) is 1. The maximum Gasteiger partial charge on any atom is 0.333 e. The van der Waals surface area contributed by atoms with E-state index in [2.05, 4.69) is 4.74 Å². The van der Waals surface area contributed by atoms with Crippen molar-refractivity contribution in [1.82, 2.24) is 0 Å². The average molecular weight is 328 g/mol. The van der Waals surface area contributed by atoms with Crippen LogP contribution in [0.2, 0.25) is 0 Å². The molecule has 0 spiro atoms. The van der Waals surface area contributed by atoms with E-state index in [0.717, 1.165) is 32.1 Å². The second kappa shape index (κ2) is 9.99. The van der Waals surface area contributed by atoms with Crippen LogP contribution in [0.4, 0.5) is 0 Å². The lowest BCUT2D eigenvalue weighted by Crippen LogP contribution is -2.25. The first-order valence-electron chi connectivity index (χ1n) is 7.89. The van der Waals surface area contributed by atoms with E-state index in [1.165, 1.54) is 13.0 Å². The van der Waals surface area contributed by atoms with Gasteiger partial charge in [0.05, 0.1) is 0 Å². The highest BCUT2D eigenvalue weighted by atomic mass is 16.6. The van der Waals surface area contributed by atoms with Crippen LogP contribution in [-0.2, 0) is 23.9 Å². The summed E-state index contributed by atoms with van der Waals surface area (Å²) in [6.45, 7) is 1.28. The summed E-state index contributed by atoms with van der Waals surface area (Å²) in [5.41, 5.74) is 0.284. The summed E-state index contributed by atoms with van der Waals surface area (Å²) in [6.07, 6.45) is 5.05. The quantitative estimate of drug-likeness (QED) is 0.440. The van der Waals surface area contributed by atoms with E-state index >= 15 is 0 Å². The van der Waals surface area contributed by atoms with Crippen LogP contribution in [0.3, 0.4) is 0 Å². The number of ether oxygens (including phenoxy) is 2. The number of unbranched alkanes of at least 4 members (excludes halogenated alkanes) is 5. The molecule has 0 saturated heterocycles. The lowest BCUT2D eigenvalue weighted by molar-refractivity contribution is -0.154. The number of hydrogen-bond acceptors (Lipinski definition) is 6. The Hall–Kier alpha value is -1.89. The molecule has 1 rings (SSSR count). The number of esters is 2. The summed E-state index contributed by atoms with van der Waals surface area (Å²) < 4.78 is 9.77. The van der Waals surface area contributed by atoms with Crippen LogP contribution in [-0.4, -0.2) is 40.5 Å². The summed E-state index contributed by atoms with van der Waals surface area (Å²) in [5.74, 6) is -1.88. The molecule has 0 aromatic carbocycles. The zero-order valence-electron chi connectivity index (χ0n) is 13.3. The van der Waals surface area contributed by atoms with Gasteiger partial charge in [-0.2, -0.15) is 0 Å². The predicted octanol–water partition coefficient (Wildman–Crippen LogP) is 1.93. The van der Waals surface area contributed by atoms with Gasteiger partial charge >= 0.3 is 17.9 Å². The monoisotopic (exact) mass is 328 g/mol. The third-order valence-electron chi connectivity index (χ3n) is 3.58. The summed E-state index contributed by atoms with van der Waals surface area (Å²) in [4.78, 5) is 32.7. The molecule has 2 N–H and O–H groups in total. The van der Waals surface area contributed by atoms with Crippen LogP contribution in [0.1, 0.15) is 58.3 Å². The maximum absolute atomic E-state index is 11.2. The Morgan fingerprint density at radius 3 is 2.35 bits per heavy atom. The average Bonchev–Trinajstić information content (AvgIpc) is 2.78. The molecule has 0 radical (unpaired) electrons. The highest BCUT2D eigenvalue weighted by Crippen LogP contribution is 2.24. The zero-order chi connectivity index (χ0) is 17.2. The molecule has 1 aliphatic heterocycles. The first-order chi connectivity index (χ1) is 10.9. The highest BCUT2D eigenvalue weighted by Gasteiger charge is 2.31. The standard InChI is InChI=1S/C16H24O7/c1-11(17)22-13(12-10-15(20)23-16(12)21)8-6-4-2-3-5-7-9-14(18)19/h10,13,16,21H,2-9H2,1H3,(H,18,19). The van der Waals surface area contributed by atoms with Gasteiger partial charge in [0.25, 0.3) is 0 Å². The van der Waals surface area contributed by atoms with Crippen LogP contribution >= 0.6 is 0 Å². The molecular formula is C16H24O7. The van der Waals surface area contributed by atoms with Gasteiger partial charge in [-0.1, -0.05) is 25.7 Å². The molecule has 0 aromatic heterocycles. The van der Waals surface area contributed by atoms with E-state index in [0.29, 0.717) is 12.8 Å². The van der Waals surface area contributed by atoms with Crippen molar-refractivity contribution in [3.63, 3.8) is 0 Å². The Kier molecular flexibility index (Phi) is 8.32. The molecule has 2 unspecified atom stereocenters. The molecule has 0 aromatic rings. The Morgan fingerprint density at radius 2 is 1.83 bits per heavy atom. The summed E-state index contributed by atoms with van der Waals surface area (Å²) in [5, 5.41) is 18.2. The molecule has 7 heteroatoms. The van der Waals surface area contributed by atoms with Crippen molar-refractivity contribution in [2.75, 3.05) is 0 Å². The van der Waals surface area contributed by atoms with Crippen molar-refractivity contribution in [3.8, 4) is 0 Å². The van der Waals surface area contributed by atoms with E-state index in [1.807, 2.05) is 0 Å². The van der Waals surface area contributed by atoms with Gasteiger partial charge in [-0.05, 0) is 19.3 Å². The first kappa shape index (κ1) is 19.2. The Bertz CT molecular complexity index is 455. The molecule has 2 atom stereocenters. The topological polar surface area (TPSA) is 110 Å². The molecule has 23 heavy (non-hydrogen) atoms. The van der Waals surface area contributed by atoms with Gasteiger partial charge in [0.15, 0.2) is 0 Å². The molecule has 0 aliphatic carbocycles. The van der Waals surface area contributed by atoms with E-state index < -0.39 is 30.3 Å². The second-order valence-electron chi connectivity index (χ2n) is 5.59. The molecule has 1 aliphatic rings. The number of carbonyl (C=O) groups is 3. The molecule has 130 valence electrons.